The molecule has 1 saturated carbocycles. The molecule has 0 aromatic heterocycles. The molecule has 0 radical (unpaired) electrons. The summed E-state index contributed by atoms with van der Waals surface area (Å²) < 4.78 is 28.5. The Labute approximate surface area is 142 Å². The minimum atomic E-state index is -3.17. The monoisotopic (exact) mass is 339 g/mol. The maximum Gasteiger partial charge on any atom is 0.290 e. The van der Waals surface area contributed by atoms with E-state index in [-0.39, 0.29) is 23.3 Å². The van der Waals surface area contributed by atoms with Crippen LogP contribution in [0, 0.1) is 17.8 Å². The fraction of sp³-hybridized carbons (Fsp3) is 0.632. The van der Waals surface area contributed by atoms with Crippen LogP contribution in [-0.4, -0.2) is 23.2 Å². The standard InChI is InChI=1S/C19H27F2NO2/c1-13(2)16-10-9-14(3)11-18(16,24)17(23)22-12-19(20,21)15-7-5-4-6-8-15/h4-8,13-14,16,24H,9-12H2,1-3H3,(H,22,23). The van der Waals surface area contributed by atoms with Gasteiger partial charge in [0.15, 0.2) is 0 Å². The van der Waals surface area contributed by atoms with E-state index < -0.39 is 24.0 Å². The van der Waals surface area contributed by atoms with Crippen LogP contribution in [0.4, 0.5) is 8.78 Å². The van der Waals surface area contributed by atoms with Crippen LogP contribution in [0.5, 0.6) is 0 Å². The maximum absolute atomic E-state index is 14.2. The molecule has 0 bridgehead atoms. The minimum Gasteiger partial charge on any atom is -0.380 e. The van der Waals surface area contributed by atoms with Crippen molar-refractivity contribution in [2.75, 3.05) is 6.54 Å². The molecule has 1 aromatic carbocycles. The molecule has 3 atom stereocenters. The van der Waals surface area contributed by atoms with Crippen molar-refractivity contribution in [1.29, 1.82) is 0 Å². The number of nitrogens with one attached hydrogen (secondary N) is 1. The van der Waals surface area contributed by atoms with E-state index in [2.05, 4.69) is 5.32 Å². The topological polar surface area (TPSA) is 49.3 Å². The summed E-state index contributed by atoms with van der Waals surface area (Å²) in [5.74, 6) is -3.74. The second-order valence-corrected chi connectivity index (χ2v) is 7.41. The fourth-order valence-electron chi connectivity index (χ4n) is 3.76. The number of carbonyl (C=O) groups is 1. The van der Waals surface area contributed by atoms with Gasteiger partial charge in [0.2, 0.25) is 0 Å². The molecule has 3 unspecified atom stereocenters. The highest BCUT2D eigenvalue weighted by atomic mass is 19.3. The quantitative estimate of drug-likeness (QED) is 0.859. The van der Waals surface area contributed by atoms with Gasteiger partial charge in [-0.25, -0.2) is 0 Å². The van der Waals surface area contributed by atoms with Gasteiger partial charge in [0.05, 0.1) is 6.54 Å². The predicted molar refractivity (Wildman–Crippen MR) is 89.6 cm³/mol. The molecule has 5 heteroatoms. The summed E-state index contributed by atoms with van der Waals surface area (Å²) in [5.41, 5.74) is -1.71. The number of halogens is 2. The summed E-state index contributed by atoms with van der Waals surface area (Å²) in [6, 6.07) is 7.41. The smallest absolute Gasteiger partial charge is 0.290 e. The lowest BCUT2D eigenvalue weighted by Crippen LogP contribution is -2.57. The normalized spacial score (nSPS) is 28.0. The van der Waals surface area contributed by atoms with E-state index in [1.54, 1.807) is 6.07 Å². The lowest BCUT2D eigenvalue weighted by molar-refractivity contribution is -0.157. The Bertz CT molecular complexity index is 562. The van der Waals surface area contributed by atoms with E-state index >= 15 is 0 Å². The van der Waals surface area contributed by atoms with Crippen molar-refractivity contribution in [2.24, 2.45) is 17.8 Å². The van der Waals surface area contributed by atoms with Gasteiger partial charge in [0.25, 0.3) is 11.8 Å². The highest BCUT2D eigenvalue weighted by Gasteiger charge is 2.49. The number of benzene rings is 1. The number of carbonyl (C=O) groups excluding carboxylic acids is 1. The molecule has 1 amide bonds. The molecule has 1 aliphatic rings. The Hall–Kier alpha value is -1.49. The zero-order chi connectivity index (χ0) is 18.0. The summed E-state index contributed by atoms with van der Waals surface area (Å²) in [4.78, 5) is 12.6. The lowest BCUT2D eigenvalue weighted by atomic mass is 9.66. The van der Waals surface area contributed by atoms with E-state index in [0.717, 1.165) is 12.8 Å². The zero-order valence-electron chi connectivity index (χ0n) is 14.6. The van der Waals surface area contributed by atoms with E-state index in [1.807, 2.05) is 20.8 Å². The van der Waals surface area contributed by atoms with Gasteiger partial charge in [-0.1, -0.05) is 57.5 Å². The van der Waals surface area contributed by atoms with Crippen LogP contribution in [0.2, 0.25) is 0 Å². The molecule has 1 aromatic rings. The molecular formula is C19H27F2NO2. The third kappa shape index (κ3) is 3.94. The first-order valence-corrected chi connectivity index (χ1v) is 8.61. The van der Waals surface area contributed by atoms with Gasteiger partial charge in [0.1, 0.15) is 5.60 Å². The highest BCUT2D eigenvalue weighted by molar-refractivity contribution is 5.85. The van der Waals surface area contributed by atoms with Crippen LogP contribution < -0.4 is 5.32 Å². The number of hydrogen-bond donors (Lipinski definition) is 2. The number of rotatable bonds is 5. The Morgan fingerprint density at radius 1 is 1.33 bits per heavy atom. The summed E-state index contributed by atoms with van der Waals surface area (Å²) in [6.07, 6.45) is 2.00. The van der Waals surface area contributed by atoms with Gasteiger partial charge >= 0.3 is 0 Å². The number of aliphatic hydroxyl groups is 1. The summed E-state index contributed by atoms with van der Waals surface area (Å²) >= 11 is 0. The van der Waals surface area contributed by atoms with Crippen molar-refractivity contribution < 1.29 is 18.7 Å². The Morgan fingerprint density at radius 2 is 1.96 bits per heavy atom. The molecule has 1 fully saturated rings. The molecule has 0 aliphatic heterocycles. The SMILES string of the molecule is CC1CCC(C(C)C)C(O)(C(=O)NCC(F)(F)c2ccccc2)C1. The van der Waals surface area contributed by atoms with Crippen molar-refractivity contribution >= 4 is 5.91 Å². The van der Waals surface area contributed by atoms with Gasteiger partial charge in [-0.15, -0.1) is 0 Å². The first-order chi connectivity index (χ1) is 11.2. The Morgan fingerprint density at radius 3 is 2.54 bits per heavy atom. The van der Waals surface area contributed by atoms with Crippen molar-refractivity contribution in [3.05, 3.63) is 35.9 Å². The Kier molecular flexibility index (Phi) is 5.63. The van der Waals surface area contributed by atoms with Gasteiger partial charge in [-0.05, 0) is 30.6 Å². The molecule has 134 valence electrons. The van der Waals surface area contributed by atoms with Crippen LogP contribution in [0.25, 0.3) is 0 Å². The molecule has 0 saturated heterocycles. The van der Waals surface area contributed by atoms with Gasteiger partial charge < -0.3 is 10.4 Å². The summed E-state index contributed by atoms with van der Waals surface area (Å²) in [5, 5.41) is 13.2. The zero-order valence-corrected chi connectivity index (χ0v) is 14.6. The largest absolute Gasteiger partial charge is 0.380 e. The first kappa shape index (κ1) is 18.8. The second kappa shape index (κ2) is 7.18. The number of amides is 1. The van der Waals surface area contributed by atoms with Gasteiger partial charge in [0, 0.05) is 5.56 Å². The Balaban J connectivity index is 2.09. The summed E-state index contributed by atoms with van der Waals surface area (Å²) in [6.45, 7) is 5.08. The van der Waals surface area contributed by atoms with Crippen LogP contribution in [0.1, 0.15) is 45.6 Å². The van der Waals surface area contributed by atoms with Crippen LogP contribution in [0.3, 0.4) is 0 Å². The van der Waals surface area contributed by atoms with E-state index in [1.165, 1.54) is 24.3 Å². The van der Waals surface area contributed by atoms with E-state index in [0.29, 0.717) is 6.42 Å². The molecule has 1 aliphatic carbocycles. The third-order valence-corrected chi connectivity index (χ3v) is 5.11. The average molecular weight is 339 g/mol. The van der Waals surface area contributed by atoms with Gasteiger partial charge in [-0.3, -0.25) is 4.79 Å². The van der Waals surface area contributed by atoms with E-state index in [4.69, 9.17) is 0 Å². The molecule has 24 heavy (non-hydrogen) atoms. The molecule has 2 rings (SSSR count). The third-order valence-electron chi connectivity index (χ3n) is 5.11. The highest BCUT2D eigenvalue weighted by Crippen LogP contribution is 2.41. The maximum atomic E-state index is 14.2. The fourth-order valence-corrected chi connectivity index (χ4v) is 3.76. The molecule has 0 spiro atoms. The average Bonchev–Trinajstić information content (AvgIpc) is 2.53. The van der Waals surface area contributed by atoms with Crippen molar-refractivity contribution in [2.45, 2.75) is 51.6 Å². The lowest BCUT2D eigenvalue weighted by Gasteiger charge is -2.43. The van der Waals surface area contributed by atoms with E-state index in [9.17, 15) is 18.7 Å². The van der Waals surface area contributed by atoms with Crippen molar-refractivity contribution in [1.82, 2.24) is 5.32 Å². The number of hydrogen-bond acceptors (Lipinski definition) is 2. The van der Waals surface area contributed by atoms with Crippen molar-refractivity contribution in [3.8, 4) is 0 Å². The molecular weight excluding hydrogens is 312 g/mol. The minimum absolute atomic E-state index is 0.114. The second-order valence-electron chi connectivity index (χ2n) is 7.41. The molecule has 0 heterocycles. The predicted octanol–water partition coefficient (Wildman–Crippen LogP) is 3.72. The van der Waals surface area contributed by atoms with Crippen LogP contribution in [0.15, 0.2) is 30.3 Å². The number of alkyl halides is 2. The van der Waals surface area contributed by atoms with Crippen molar-refractivity contribution in [3.63, 3.8) is 0 Å². The first-order valence-electron chi connectivity index (χ1n) is 8.61. The molecule has 3 nitrogen and oxygen atoms in total. The van der Waals surface area contributed by atoms with Crippen LogP contribution in [-0.2, 0) is 10.7 Å². The molecule has 2 N–H and O–H groups in total. The van der Waals surface area contributed by atoms with Crippen LogP contribution >= 0.6 is 0 Å². The van der Waals surface area contributed by atoms with Gasteiger partial charge in [-0.2, -0.15) is 8.78 Å². The summed E-state index contributed by atoms with van der Waals surface area (Å²) in [7, 11) is 0.